The van der Waals surface area contributed by atoms with E-state index in [1.54, 1.807) is 22.9 Å². The largest absolute Gasteiger partial charge is 0.348 e. The molecule has 2 fully saturated rings. The number of aromatic nitrogens is 2. The van der Waals surface area contributed by atoms with Gasteiger partial charge in [-0.05, 0) is 12.8 Å². The average Bonchev–Trinajstić information content (AvgIpc) is 3.35. The molecule has 0 bridgehead atoms. The summed E-state index contributed by atoms with van der Waals surface area (Å²) in [5.74, 6) is 0.147. The van der Waals surface area contributed by atoms with Crippen molar-refractivity contribution in [2.45, 2.75) is 37.8 Å². The minimum absolute atomic E-state index is 0.153. The molecule has 2 aliphatic heterocycles. The minimum Gasteiger partial charge on any atom is -0.348 e. The van der Waals surface area contributed by atoms with Gasteiger partial charge in [-0.15, -0.1) is 11.8 Å². The lowest BCUT2D eigenvalue weighted by molar-refractivity contribution is -0.133. The zero-order valence-electron chi connectivity index (χ0n) is 14.7. The highest BCUT2D eigenvalue weighted by Crippen LogP contribution is 2.13. The quantitative estimate of drug-likeness (QED) is 0.524. The summed E-state index contributed by atoms with van der Waals surface area (Å²) in [6, 6.07) is -2.11. The van der Waals surface area contributed by atoms with Crippen LogP contribution in [-0.4, -0.2) is 68.9 Å². The molecule has 27 heavy (non-hydrogen) atoms. The number of urea groups is 1. The number of nitrogens with zero attached hydrogens (tertiary/aromatic N) is 2. The van der Waals surface area contributed by atoms with Crippen LogP contribution in [0.1, 0.15) is 25.0 Å². The van der Waals surface area contributed by atoms with Crippen LogP contribution in [0.25, 0.3) is 0 Å². The van der Waals surface area contributed by atoms with Crippen molar-refractivity contribution in [2.75, 3.05) is 18.2 Å². The number of nitrogens with one attached hydrogen (secondary N) is 4. The summed E-state index contributed by atoms with van der Waals surface area (Å²) in [5, 5.41) is 7.63. The van der Waals surface area contributed by atoms with Gasteiger partial charge in [0.2, 0.25) is 11.8 Å². The number of H-pyrrole nitrogens is 1. The van der Waals surface area contributed by atoms with Crippen LogP contribution in [0.2, 0.25) is 0 Å². The van der Waals surface area contributed by atoms with Crippen LogP contribution in [0.15, 0.2) is 12.5 Å². The Morgan fingerprint density at radius 1 is 1.41 bits per heavy atom. The lowest BCUT2D eigenvalue weighted by Gasteiger charge is -2.25. The van der Waals surface area contributed by atoms with E-state index in [1.807, 2.05) is 0 Å². The zero-order valence-corrected chi connectivity index (χ0v) is 15.5. The maximum absolute atomic E-state index is 12.6. The van der Waals surface area contributed by atoms with Crippen molar-refractivity contribution in [3.8, 4) is 0 Å². The van der Waals surface area contributed by atoms with Gasteiger partial charge in [0.05, 0.1) is 12.2 Å². The van der Waals surface area contributed by atoms with Gasteiger partial charge in [0, 0.05) is 37.0 Å². The van der Waals surface area contributed by atoms with Gasteiger partial charge in [-0.1, -0.05) is 0 Å². The first kappa shape index (κ1) is 19.2. The summed E-state index contributed by atoms with van der Waals surface area (Å²) in [4.78, 5) is 57.1. The normalized spacial score (nSPS) is 20.7. The summed E-state index contributed by atoms with van der Waals surface area (Å²) in [5.41, 5.74) is 0.646. The molecule has 0 aromatic carbocycles. The molecule has 11 heteroatoms. The van der Waals surface area contributed by atoms with Crippen molar-refractivity contribution in [2.24, 2.45) is 0 Å². The van der Waals surface area contributed by atoms with Crippen molar-refractivity contribution in [1.82, 2.24) is 30.8 Å². The lowest BCUT2D eigenvalue weighted by Crippen LogP contribution is -2.57. The predicted octanol–water partition coefficient (Wildman–Crippen LogP) is -0.652. The first-order chi connectivity index (χ1) is 13.0. The minimum atomic E-state index is -0.962. The fraction of sp³-hybridized carbons (Fsp3) is 0.562. The van der Waals surface area contributed by atoms with Gasteiger partial charge in [0.25, 0.3) is 5.91 Å². The third kappa shape index (κ3) is 5.22. The summed E-state index contributed by atoms with van der Waals surface area (Å²) in [6.07, 6.45) is 4.70. The first-order valence-corrected chi connectivity index (χ1v) is 9.93. The van der Waals surface area contributed by atoms with E-state index in [-0.39, 0.29) is 12.3 Å². The molecule has 2 atom stereocenters. The Hall–Kier alpha value is -2.56. The summed E-state index contributed by atoms with van der Waals surface area (Å²) < 4.78 is 0. The number of amides is 5. The molecule has 1 aromatic heterocycles. The van der Waals surface area contributed by atoms with E-state index < -0.39 is 29.9 Å². The fourth-order valence-electron chi connectivity index (χ4n) is 2.95. The number of rotatable bonds is 5. The Balaban J connectivity index is 1.64. The van der Waals surface area contributed by atoms with E-state index in [0.717, 1.165) is 5.75 Å². The molecule has 0 saturated carbocycles. The number of hydrogen-bond donors (Lipinski definition) is 4. The molecule has 2 saturated heterocycles. The SMILES string of the molecule is O=C1CCCC(C(=O)NC(Cc2cnc[nH]2)C(=O)NC(=O)N2CCSC2)N1. The third-order valence-corrected chi connectivity index (χ3v) is 5.40. The summed E-state index contributed by atoms with van der Waals surface area (Å²) >= 11 is 1.61. The van der Waals surface area contributed by atoms with Crippen molar-refractivity contribution >= 4 is 35.5 Å². The van der Waals surface area contributed by atoms with Crippen LogP contribution in [0.3, 0.4) is 0 Å². The smallest absolute Gasteiger partial charge is 0.324 e. The molecule has 0 radical (unpaired) electrons. The van der Waals surface area contributed by atoms with Gasteiger partial charge in [0.15, 0.2) is 0 Å². The van der Waals surface area contributed by atoms with Crippen LogP contribution in [0, 0.1) is 0 Å². The molecular formula is C16H22N6O4S. The van der Waals surface area contributed by atoms with Gasteiger partial charge in [-0.25, -0.2) is 9.78 Å². The molecule has 10 nitrogen and oxygen atoms in total. The third-order valence-electron chi connectivity index (χ3n) is 4.43. The van der Waals surface area contributed by atoms with Gasteiger partial charge in [-0.3, -0.25) is 19.7 Å². The standard InChI is InChI=1S/C16H22N6O4S/c23-13-3-1-2-11(19-13)14(24)20-12(6-10-7-17-8-18-10)15(25)21-16(26)22-4-5-27-9-22/h7-8,11-12H,1-6,9H2,(H,17,18)(H,19,23)(H,20,24)(H,21,25,26). The summed E-state index contributed by atoms with van der Waals surface area (Å²) in [7, 11) is 0. The van der Waals surface area contributed by atoms with E-state index in [0.29, 0.717) is 37.4 Å². The first-order valence-electron chi connectivity index (χ1n) is 8.77. The number of imide groups is 1. The molecule has 0 aliphatic carbocycles. The molecule has 4 N–H and O–H groups in total. The number of imidazole rings is 1. The van der Waals surface area contributed by atoms with Crippen LogP contribution in [-0.2, 0) is 20.8 Å². The van der Waals surface area contributed by atoms with Crippen molar-refractivity contribution in [3.05, 3.63) is 18.2 Å². The Kier molecular flexibility index (Phi) is 6.32. The molecule has 2 unspecified atom stereocenters. The van der Waals surface area contributed by atoms with Crippen LogP contribution in [0.4, 0.5) is 4.79 Å². The number of carbonyl (C=O) groups is 4. The average molecular weight is 394 g/mol. The number of hydrogen-bond acceptors (Lipinski definition) is 6. The second-order valence-electron chi connectivity index (χ2n) is 6.45. The highest BCUT2D eigenvalue weighted by Gasteiger charge is 2.30. The van der Waals surface area contributed by atoms with E-state index in [1.165, 1.54) is 6.33 Å². The maximum Gasteiger partial charge on any atom is 0.324 e. The molecule has 146 valence electrons. The summed E-state index contributed by atoms with van der Waals surface area (Å²) in [6.45, 7) is 0.579. The number of piperidine rings is 1. The molecule has 3 rings (SSSR count). The molecule has 3 heterocycles. The molecule has 5 amide bonds. The molecule has 0 spiro atoms. The van der Waals surface area contributed by atoms with Gasteiger partial charge in [0.1, 0.15) is 12.1 Å². The maximum atomic E-state index is 12.6. The second kappa shape index (κ2) is 8.89. The predicted molar refractivity (Wildman–Crippen MR) is 97.6 cm³/mol. The van der Waals surface area contributed by atoms with Crippen LogP contribution in [0.5, 0.6) is 0 Å². The van der Waals surface area contributed by atoms with Crippen LogP contribution >= 0.6 is 11.8 Å². The Morgan fingerprint density at radius 3 is 2.93 bits per heavy atom. The Bertz CT molecular complexity index is 704. The van der Waals surface area contributed by atoms with Crippen LogP contribution < -0.4 is 16.0 Å². The van der Waals surface area contributed by atoms with Gasteiger partial charge >= 0.3 is 6.03 Å². The van der Waals surface area contributed by atoms with E-state index in [9.17, 15) is 19.2 Å². The van der Waals surface area contributed by atoms with Gasteiger partial charge in [-0.2, -0.15) is 0 Å². The van der Waals surface area contributed by atoms with E-state index >= 15 is 0 Å². The molecule has 1 aromatic rings. The molecular weight excluding hydrogens is 372 g/mol. The second-order valence-corrected chi connectivity index (χ2v) is 7.52. The van der Waals surface area contributed by atoms with Crippen molar-refractivity contribution in [3.63, 3.8) is 0 Å². The highest BCUT2D eigenvalue weighted by atomic mass is 32.2. The van der Waals surface area contributed by atoms with E-state index in [4.69, 9.17) is 0 Å². The molecule has 2 aliphatic rings. The number of aromatic amines is 1. The fourth-order valence-corrected chi connectivity index (χ4v) is 3.89. The van der Waals surface area contributed by atoms with Crippen molar-refractivity contribution < 1.29 is 19.2 Å². The highest BCUT2D eigenvalue weighted by molar-refractivity contribution is 7.99. The number of carbonyl (C=O) groups excluding carboxylic acids is 4. The van der Waals surface area contributed by atoms with Gasteiger partial charge < -0.3 is 20.5 Å². The monoisotopic (exact) mass is 394 g/mol. The zero-order chi connectivity index (χ0) is 19.2. The number of thioether (sulfide) groups is 1. The Morgan fingerprint density at radius 2 is 2.26 bits per heavy atom. The lowest BCUT2D eigenvalue weighted by atomic mass is 10.0. The Labute approximate surface area is 160 Å². The van der Waals surface area contributed by atoms with Crippen molar-refractivity contribution in [1.29, 1.82) is 0 Å². The topological polar surface area (TPSA) is 136 Å². The van der Waals surface area contributed by atoms with E-state index in [2.05, 4.69) is 25.9 Å².